The summed E-state index contributed by atoms with van der Waals surface area (Å²) in [5, 5.41) is 2.99. The number of benzene rings is 2. The van der Waals surface area contributed by atoms with Gasteiger partial charge in [-0.1, -0.05) is 19.3 Å². The number of sulfonamides is 1. The molecule has 0 radical (unpaired) electrons. The second-order valence-electron chi connectivity index (χ2n) is 7.63. The summed E-state index contributed by atoms with van der Waals surface area (Å²) < 4.78 is 44.0. The minimum atomic E-state index is -4.07. The van der Waals surface area contributed by atoms with E-state index in [4.69, 9.17) is 14.2 Å². The molecule has 3 rings (SSSR count). The van der Waals surface area contributed by atoms with E-state index >= 15 is 0 Å². The van der Waals surface area contributed by atoms with E-state index in [1.165, 1.54) is 39.5 Å². The number of amides is 1. The standard InChI is InChI=1S/C23H30N2O6S/c1-29-19-11-9-18(10-12-19)25(16-23(26)24-17-7-5-4-6-8-17)32(27,28)20-13-14-21(30-2)22(15-20)31-3/h9-15,17H,4-8,16H2,1-3H3,(H,24,26). The van der Waals surface area contributed by atoms with Gasteiger partial charge in [0.15, 0.2) is 11.5 Å². The highest BCUT2D eigenvalue weighted by Gasteiger charge is 2.29. The van der Waals surface area contributed by atoms with E-state index in [-0.39, 0.29) is 29.1 Å². The van der Waals surface area contributed by atoms with E-state index in [2.05, 4.69) is 5.32 Å². The second-order valence-corrected chi connectivity index (χ2v) is 9.49. The average molecular weight is 463 g/mol. The van der Waals surface area contributed by atoms with Crippen molar-refractivity contribution >= 4 is 21.6 Å². The number of carbonyl (C=O) groups is 1. The summed E-state index contributed by atoms with van der Waals surface area (Å²) >= 11 is 0. The summed E-state index contributed by atoms with van der Waals surface area (Å²) in [4.78, 5) is 12.8. The lowest BCUT2D eigenvalue weighted by Gasteiger charge is -2.27. The molecule has 0 heterocycles. The fourth-order valence-electron chi connectivity index (χ4n) is 3.82. The molecule has 1 aliphatic rings. The third kappa shape index (κ3) is 5.45. The van der Waals surface area contributed by atoms with Gasteiger partial charge in [0.25, 0.3) is 10.0 Å². The minimum Gasteiger partial charge on any atom is -0.497 e. The first-order valence-electron chi connectivity index (χ1n) is 10.6. The Bertz CT molecular complexity index is 1020. The number of hydrogen-bond acceptors (Lipinski definition) is 6. The monoisotopic (exact) mass is 462 g/mol. The van der Waals surface area contributed by atoms with Crippen molar-refractivity contribution in [3.63, 3.8) is 0 Å². The maximum atomic E-state index is 13.6. The topological polar surface area (TPSA) is 94.2 Å². The van der Waals surface area contributed by atoms with Gasteiger partial charge < -0.3 is 19.5 Å². The molecule has 1 saturated carbocycles. The first-order chi connectivity index (χ1) is 15.4. The molecule has 0 unspecified atom stereocenters. The van der Waals surface area contributed by atoms with Crippen LogP contribution in [0.4, 0.5) is 5.69 Å². The number of nitrogens with zero attached hydrogens (tertiary/aromatic N) is 1. The molecule has 2 aromatic rings. The van der Waals surface area contributed by atoms with Gasteiger partial charge in [-0.05, 0) is 49.2 Å². The van der Waals surface area contributed by atoms with Gasteiger partial charge in [0, 0.05) is 12.1 Å². The van der Waals surface area contributed by atoms with E-state index in [0.29, 0.717) is 17.2 Å². The number of ether oxygens (including phenoxy) is 3. The maximum Gasteiger partial charge on any atom is 0.264 e. The lowest BCUT2D eigenvalue weighted by molar-refractivity contribution is -0.120. The van der Waals surface area contributed by atoms with Crippen molar-refractivity contribution in [3.05, 3.63) is 42.5 Å². The van der Waals surface area contributed by atoms with Crippen LogP contribution in [0.5, 0.6) is 17.2 Å². The molecule has 0 spiro atoms. The van der Waals surface area contributed by atoms with Crippen LogP contribution in [0, 0.1) is 0 Å². The molecular weight excluding hydrogens is 432 g/mol. The third-order valence-corrected chi connectivity index (χ3v) is 7.33. The van der Waals surface area contributed by atoms with Crippen molar-refractivity contribution in [2.45, 2.75) is 43.0 Å². The van der Waals surface area contributed by atoms with Crippen LogP contribution in [-0.4, -0.2) is 48.2 Å². The van der Waals surface area contributed by atoms with Gasteiger partial charge in [-0.2, -0.15) is 0 Å². The zero-order valence-electron chi connectivity index (χ0n) is 18.7. The molecule has 1 aliphatic carbocycles. The van der Waals surface area contributed by atoms with Crippen molar-refractivity contribution in [3.8, 4) is 17.2 Å². The first kappa shape index (κ1) is 23.7. The van der Waals surface area contributed by atoms with Crippen LogP contribution in [0.25, 0.3) is 0 Å². The van der Waals surface area contributed by atoms with Gasteiger partial charge in [0.1, 0.15) is 12.3 Å². The molecule has 0 atom stereocenters. The predicted octanol–water partition coefficient (Wildman–Crippen LogP) is 3.36. The van der Waals surface area contributed by atoms with Crippen LogP contribution >= 0.6 is 0 Å². The van der Waals surface area contributed by atoms with Crippen molar-refractivity contribution in [1.82, 2.24) is 5.32 Å². The molecule has 0 saturated heterocycles. The molecule has 1 N–H and O–H groups in total. The Hall–Kier alpha value is -2.94. The second kappa shape index (κ2) is 10.6. The van der Waals surface area contributed by atoms with Crippen LogP contribution in [0.15, 0.2) is 47.4 Å². The maximum absolute atomic E-state index is 13.6. The fourth-order valence-corrected chi connectivity index (χ4v) is 5.26. The lowest BCUT2D eigenvalue weighted by Crippen LogP contribution is -2.44. The Labute approximate surface area is 189 Å². The SMILES string of the molecule is COc1ccc(N(CC(=O)NC2CCCCC2)S(=O)(=O)c2ccc(OC)c(OC)c2)cc1. The molecule has 8 nitrogen and oxygen atoms in total. The number of nitrogens with one attached hydrogen (secondary N) is 1. The van der Waals surface area contributed by atoms with Crippen LogP contribution in [-0.2, 0) is 14.8 Å². The predicted molar refractivity (Wildman–Crippen MR) is 122 cm³/mol. The molecule has 0 aliphatic heterocycles. The summed E-state index contributed by atoms with van der Waals surface area (Å²) in [5.74, 6) is 0.952. The van der Waals surface area contributed by atoms with Gasteiger partial charge in [-0.3, -0.25) is 9.10 Å². The fraction of sp³-hybridized carbons (Fsp3) is 0.435. The summed E-state index contributed by atoms with van der Waals surface area (Å²) in [5.41, 5.74) is 0.361. The number of anilines is 1. The van der Waals surface area contributed by atoms with Gasteiger partial charge in [-0.15, -0.1) is 0 Å². The van der Waals surface area contributed by atoms with E-state index in [1.54, 1.807) is 24.3 Å². The molecule has 32 heavy (non-hydrogen) atoms. The summed E-state index contributed by atoms with van der Waals surface area (Å²) in [6, 6.07) is 11.0. The van der Waals surface area contributed by atoms with Gasteiger partial charge in [-0.25, -0.2) is 8.42 Å². The minimum absolute atomic E-state index is 0.00330. The highest BCUT2D eigenvalue weighted by atomic mass is 32.2. The zero-order chi connectivity index (χ0) is 23.1. The smallest absolute Gasteiger partial charge is 0.264 e. The Kier molecular flexibility index (Phi) is 7.84. The Balaban J connectivity index is 1.93. The molecule has 1 amide bonds. The molecule has 2 aromatic carbocycles. The zero-order valence-corrected chi connectivity index (χ0v) is 19.5. The van der Waals surface area contributed by atoms with Crippen LogP contribution < -0.4 is 23.8 Å². The van der Waals surface area contributed by atoms with Crippen LogP contribution in [0.2, 0.25) is 0 Å². The largest absolute Gasteiger partial charge is 0.497 e. The average Bonchev–Trinajstić information content (AvgIpc) is 2.82. The molecule has 174 valence electrons. The highest BCUT2D eigenvalue weighted by Crippen LogP contribution is 2.32. The number of methoxy groups -OCH3 is 3. The van der Waals surface area contributed by atoms with Crippen molar-refractivity contribution in [2.75, 3.05) is 32.2 Å². The van der Waals surface area contributed by atoms with E-state index in [0.717, 1.165) is 36.4 Å². The molecule has 0 bridgehead atoms. The molecule has 0 aromatic heterocycles. The first-order valence-corrected chi connectivity index (χ1v) is 12.0. The normalized spacial score (nSPS) is 14.5. The van der Waals surface area contributed by atoms with Gasteiger partial charge in [0.05, 0.1) is 31.9 Å². The summed E-state index contributed by atoms with van der Waals surface area (Å²) in [7, 11) is 0.377. The molecular formula is C23H30N2O6S. The van der Waals surface area contributed by atoms with Gasteiger partial charge >= 0.3 is 0 Å². The van der Waals surface area contributed by atoms with Crippen LogP contribution in [0.3, 0.4) is 0 Å². The number of rotatable bonds is 9. The molecule has 9 heteroatoms. The quantitative estimate of drug-likeness (QED) is 0.614. The Morgan fingerprint density at radius 3 is 2.19 bits per heavy atom. The van der Waals surface area contributed by atoms with Crippen molar-refractivity contribution < 1.29 is 27.4 Å². The Morgan fingerprint density at radius 2 is 1.59 bits per heavy atom. The lowest BCUT2D eigenvalue weighted by atomic mass is 9.95. The summed E-state index contributed by atoms with van der Waals surface area (Å²) in [6.45, 7) is -0.334. The van der Waals surface area contributed by atoms with Crippen LogP contribution in [0.1, 0.15) is 32.1 Å². The van der Waals surface area contributed by atoms with Crippen molar-refractivity contribution in [1.29, 1.82) is 0 Å². The van der Waals surface area contributed by atoms with Crippen molar-refractivity contribution in [2.24, 2.45) is 0 Å². The molecule has 1 fully saturated rings. The number of carbonyl (C=O) groups excluding carboxylic acids is 1. The Morgan fingerprint density at radius 1 is 0.938 bits per heavy atom. The van der Waals surface area contributed by atoms with Gasteiger partial charge in [0.2, 0.25) is 5.91 Å². The van der Waals surface area contributed by atoms with E-state index < -0.39 is 10.0 Å². The third-order valence-electron chi connectivity index (χ3n) is 5.56. The van der Waals surface area contributed by atoms with E-state index in [1.807, 2.05) is 0 Å². The number of hydrogen-bond donors (Lipinski definition) is 1. The van der Waals surface area contributed by atoms with E-state index in [9.17, 15) is 13.2 Å². The summed E-state index contributed by atoms with van der Waals surface area (Å²) in [6.07, 6.45) is 5.12. The highest BCUT2D eigenvalue weighted by molar-refractivity contribution is 7.92.